The number of hydrogen-bond donors (Lipinski definition) is 1. The van der Waals surface area contributed by atoms with E-state index in [1.165, 1.54) is 7.11 Å². The molecule has 0 saturated heterocycles. The molecule has 1 N–H and O–H groups in total. The minimum absolute atomic E-state index is 0.155. The summed E-state index contributed by atoms with van der Waals surface area (Å²) in [6, 6.07) is 5.87. The van der Waals surface area contributed by atoms with E-state index < -0.39 is 0 Å². The van der Waals surface area contributed by atoms with Crippen LogP contribution in [0.1, 0.15) is 30.2 Å². The number of thiophene rings is 1. The number of rotatable bonds is 4. The molecule has 0 aliphatic carbocycles. The molecular weight excluding hydrogens is 300 g/mol. The number of aromatic nitrogens is 3. The number of carbonyl (C=O) groups is 1. The van der Waals surface area contributed by atoms with Crippen LogP contribution in [0.4, 0.5) is 0 Å². The summed E-state index contributed by atoms with van der Waals surface area (Å²) in [4.78, 5) is 22.7. The first-order valence-electron chi connectivity index (χ1n) is 6.87. The molecule has 0 aromatic carbocycles. The van der Waals surface area contributed by atoms with Crippen LogP contribution in [0.5, 0.6) is 0 Å². The molecule has 0 aliphatic heterocycles. The summed E-state index contributed by atoms with van der Waals surface area (Å²) in [5.41, 5.74) is 4.32. The van der Waals surface area contributed by atoms with Crippen molar-refractivity contribution in [3.63, 3.8) is 0 Å². The highest BCUT2D eigenvalue weighted by molar-refractivity contribution is 7.13. The van der Waals surface area contributed by atoms with Crippen LogP contribution >= 0.6 is 11.3 Å². The highest BCUT2D eigenvalue weighted by atomic mass is 32.1. The number of amides is 1. The number of hydrogen-bond acceptors (Lipinski definition) is 5. The van der Waals surface area contributed by atoms with Crippen LogP contribution in [0.3, 0.4) is 0 Å². The molecule has 0 fully saturated rings. The van der Waals surface area contributed by atoms with E-state index in [0.29, 0.717) is 16.6 Å². The molecule has 0 radical (unpaired) electrons. The first-order valence-corrected chi connectivity index (χ1v) is 7.75. The standard InChI is InChI=1S/C15H16N4O2S/c1-9(2)19-14-11(8-16-19)10(15(20)18-21-3)7-12(17-14)13-5-4-6-22-13/h4-9H,1-3H3,(H,18,20). The lowest BCUT2D eigenvalue weighted by atomic mass is 10.1. The van der Waals surface area contributed by atoms with Gasteiger partial charge in [0.25, 0.3) is 5.91 Å². The van der Waals surface area contributed by atoms with Crippen LogP contribution in [0.15, 0.2) is 29.8 Å². The lowest BCUT2D eigenvalue weighted by molar-refractivity contribution is 0.0539. The van der Waals surface area contributed by atoms with Crippen molar-refractivity contribution in [2.75, 3.05) is 7.11 Å². The fourth-order valence-electron chi connectivity index (χ4n) is 2.28. The van der Waals surface area contributed by atoms with Gasteiger partial charge in [0, 0.05) is 6.04 Å². The third-order valence-corrected chi connectivity index (χ3v) is 4.16. The molecule has 0 spiro atoms. The molecule has 3 rings (SSSR count). The predicted octanol–water partition coefficient (Wildman–Crippen LogP) is 3.03. The van der Waals surface area contributed by atoms with Crippen LogP contribution in [0.25, 0.3) is 21.6 Å². The molecule has 3 aromatic heterocycles. The highest BCUT2D eigenvalue weighted by Crippen LogP contribution is 2.28. The van der Waals surface area contributed by atoms with E-state index in [0.717, 1.165) is 10.6 Å². The summed E-state index contributed by atoms with van der Waals surface area (Å²) in [5, 5.41) is 7.05. The third-order valence-electron chi connectivity index (χ3n) is 3.27. The summed E-state index contributed by atoms with van der Waals surface area (Å²) in [5.74, 6) is -0.309. The average Bonchev–Trinajstić information content (AvgIpc) is 3.15. The van der Waals surface area contributed by atoms with Gasteiger partial charge >= 0.3 is 0 Å². The quantitative estimate of drug-likeness (QED) is 0.751. The molecule has 0 unspecified atom stereocenters. The Morgan fingerprint density at radius 2 is 2.27 bits per heavy atom. The Labute approximate surface area is 131 Å². The SMILES string of the molecule is CONC(=O)c1cc(-c2cccs2)nc2c1cnn2C(C)C. The van der Waals surface area contributed by atoms with Crippen molar-refractivity contribution in [1.82, 2.24) is 20.2 Å². The van der Waals surface area contributed by atoms with E-state index in [4.69, 9.17) is 9.82 Å². The second-order valence-electron chi connectivity index (χ2n) is 5.09. The zero-order chi connectivity index (χ0) is 15.7. The van der Waals surface area contributed by atoms with Gasteiger partial charge in [0.05, 0.1) is 34.8 Å². The van der Waals surface area contributed by atoms with E-state index in [-0.39, 0.29) is 11.9 Å². The fraction of sp³-hybridized carbons (Fsp3) is 0.267. The van der Waals surface area contributed by atoms with Gasteiger partial charge in [0.1, 0.15) is 0 Å². The summed E-state index contributed by atoms with van der Waals surface area (Å²) >= 11 is 1.58. The van der Waals surface area contributed by atoms with Crippen molar-refractivity contribution >= 4 is 28.3 Å². The molecule has 114 valence electrons. The monoisotopic (exact) mass is 316 g/mol. The second-order valence-corrected chi connectivity index (χ2v) is 6.04. The van der Waals surface area contributed by atoms with Crippen LogP contribution in [0.2, 0.25) is 0 Å². The van der Waals surface area contributed by atoms with Crippen molar-refractivity contribution in [2.45, 2.75) is 19.9 Å². The maximum absolute atomic E-state index is 12.3. The van der Waals surface area contributed by atoms with Gasteiger partial charge in [0.2, 0.25) is 0 Å². The van der Waals surface area contributed by atoms with Crippen molar-refractivity contribution in [2.24, 2.45) is 0 Å². The number of pyridine rings is 1. The minimum atomic E-state index is -0.309. The molecule has 0 bridgehead atoms. The van der Waals surface area contributed by atoms with E-state index >= 15 is 0 Å². The molecule has 22 heavy (non-hydrogen) atoms. The van der Waals surface area contributed by atoms with Gasteiger partial charge in [-0.2, -0.15) is 5.10 Å². The Morgan fingerprint density at radius 3 is 2.91 bits per heavy atom. The van der Waals surface area contributed by atoms with Gasteiger partial charge in [-0.15, -0.1) is 11.3 Å². The van der Waals surface area contributed by atoms with Gasteiger partial charge < -0.3 is 0 Å². The molecule has 0 aliphatic rings. The number of hydroxylamine groups is 1. The largest absolute Gasteiger partial charge is 0.277 e. The molecule has 0 atom stereocenters. The lowest BCUT2D eigenvalue weighted by Crippen LogP contribution is -2.22. The van der Waals surface area contributed by atoms with Gasteiger partial charge in [-0.1, -0.05) is 6.07 Å². The van der Waals surface area contributed by atoms with E-state index in [2.05, 4.69) is 10.6 Å². The van der Waals surface area contributed by atoms with Crippen LogP contribution in [-0.2, 0) is 4.84 Å². The van der Waals surface area contributed by atoms with Gasteiger partial charge in [0.15, 0.2) is 5.65 Å². The summed E-state index contributed by atoms with van der Waals surface area (Å²) in [6.07, 6.45) is 1.67. The lowest BCUT2D eigenvalue weighted by Gasteiger charge is -2.09. The molecule has 7 heteroatoms. The molecular formula is C15H16N4O2S. The Balaban J connectivity index is 2.26. The zero-order valence-corrected chi connectivity index (χ0v) is 13.3. The molecule has 3 aromatic rings. The Morgan fingerprint density at radius 1 is 1.45 bits per heavy atom. The normalized spacial score (nSPS) is 11.3. The van der Waals surface area contributed by atoms with Gasteiger partial charge in [-0.05, 0) is 31.4 Å². The first kappa shape index (κ1) is 14.7. The zero-order valence-electron chi connectivity index (χ0n) is 12.5. The topological polar surface area (TPSA) is 69.0 Å². The number of nitrogens with one attached hydrogen (secondary N) is 1. The molecule has 0 saturated carbocycles. The fourth-order valence-corrected chi connectivity index (χ4v) is 2.97. The Hall–Kier alpha value is -2.25. The minimum Gasteiger partial charge on any atom is -0.277 e. The van der Waals surface area contributed by atoms with Crippen molar-refractivity contribution in [3.8, 4) is 10.6 Å². The predicted molar refractivity (Wildman–Crippen MR) is 85.7 cm³/mol. The van der Waals surface area contributed by atoms with Crippen molar-refractivity contribution in [1.29, 1.82) is 0 Å². The number of nitrogens with zero attached hydrogens (tertiary/aromatic N) is 3. The van der Waals surface area contributed by atoms with Crippen LogP contribution in [-0.4, -0.2) is 27.8 Å². The number of fused-ring (bicyclic) bond motifs is 1. The highest BCUT2D eigenvalue weighted by Gasteiger charge is 2.18. The summed E-state index contributed by atoms with van der Waals surface area (Å²) in [6.45, 7) is 4.06. The number of carbonyl (C=O) groups excluding carboxylic acids is 1. The van der Waals surface area contributed by atoms with Crippen molar-refractivity contribution in [3.05, 3.63) is 35.3 Å². The van der Waals surface area contributed by atoms with Gasteiger partial charge in [-0.25, -0.2) is 15.1 Å². The van der Waals surface area contributed by atoms with Crippen LogP contribution < -0.4 is 5.48 Å². The van der Waals surface area contributed by atoms with E-state index in [1.54, 1.807) is 23.6 Å². The Bertz CT molecular complexity index is 808. The van der Waals surface area contributed by atoms with E-state index in [9.17, 15) is 4.79 Å². The molecule has 3 heterocycles. The van der Waals surface area contributed by atoms with Crippen molar-refractivity contribution < 1.29 is 9.63 Å². The average molecular weight is 316 g/mol. The smallest absolute Gasteiger partial charge is 0.275 e. The Kier molecular flexibility index (Phi) is 3.91. The second kappa shape index (κ2) is 5.86. The molecule has 1 amide bonds. The first-order chi connectivity index (χ1) is 10.6. The summed E-state index contributed by atoms with van der Waals surface area (Å²) in [7, 11) is 1.41. The van der Waals surface area contributed by atoms with Crippen LogP contribution in [0, 0.1) is 0 Å². The molecule has 6 nitrogen and oxygen atoms in total. The summed E-state index contributed by atoms with van der Waals surface area (Å²) < 4.78 is 1.82. The maximum Gasteiger partial charge on any atom is 0.275 e. The van der Waals surface area contributed by atoms with E-state index in [1.807, 2.05) is 36.0 Å². The maximum atomic E-state index is 12.3. The third kappa shape index (κ3) is 2.49. The van der Waals surface area contributed by atoms with Gasteiger partial charge in [-0.3, -0.25) is 9.63 Å².